The SMILES string of the molecule is C=NC(=NC)NC(=C)C.[HH]. The van der Waals surface area contributed by atoms with Crippen LogP contribution in [0.5, 0.6) is 0 Å². The Hall–Kier alpha value is -1.12. The van der Waals surface area contributed by atoms with E-state index in [-0.39, 0.29) is 1.43 Å². The average molecular weight is 127 g/mol. The Morgan fingerprint density at radius 2 is 2.22 bits per heavy atom. The second-order valence-corrected chi connectivity index (χ2v) is 1.61. The van der Waals surface area contributed by atoms with Crippen molar-refractivity contribution >= 4 is 12.7 Å². The van der Waals surface area contributed by atoms with Crippen LogP contribution in [0, 0.1) is 0 Å². The molecule has 0 heterocycles. The average Bonchev–Trinajstić information content (AvgIpc) is 1.82. The van der Waals surface area contributed by atoms with Gasteiger partial charge in [0.15, 0.2) is 0 Å². The van der Waals surface area contributed by atoms with Crippen molar-refractivity contribution in [1.82, 2.24) is 5.32 Å². The summed E-state index contributed by atoms with van der Waals surface area (Å²) in [4.78, 5) is 7.34. The van der Waals surface area contributed by atoms with Gasteiger partial charge in [-0.25, -0.2) is 4.99 Å². The quantitative estimate of drug-likeness (QED) is 0.414. The molecule has 1 N–H and O–H groups in total. The Bertz CT molecular complexity index is 151. The Morgan fingerprint density at radius 3 is 2.33 bits per heavy atom. The second kappa shape index (κ2) is 3.83. The summed E-state index contributed by atoms with van der Waals surface area (Å²) in [6, 6.07) is 0. The second-order valence-electron chi connectivity index (χ2n) is 1.61. The summed E-state index contributed by atoms with van der Waals surface area (Å²) in [6.07, 6.45) is 0. The van der Waals surface area contributed by atoms with Gasteiger partial charge in [0.2, 0.25) is 5.96 Å². The summed E-state index contributed by atoms with van der Waals surface area (Å²) in [5.41, 5.74) is 0.808. The Labute approximate surface area is 56.7 Å². The zero-order chi connectivity index (χ0) is 7.28. The molecule has 3 heteroatoms. The normalized spacial score (nSPS) is 10.7. The van der Waals surface area contributed by atoms with Crippen LogP contribution in [0.25, 0.3) is 0 Å². The highest BCUT2D eigenvalue weighted by molar-refractivity contribution is 5.85. The van der Waals surface area contributed by atoms with E-state index in [2.05, 4.69) is 28.6 Å². The minimum atomic E-state index is 0. The number of nitrogens with one attached hydrogen (secondary N) is 1. The maximum absolute atomic E-state index is 3.76. The van der Waals surface area contributed by atoms with Gasteiger partial charge in [-0.05, 0) is 13.6 Å². The molecule has 0 aliphatic rings. The van der Waals surface area contributed by atoms with Crippen molar-refractivity contribution in [3.05, 3.63) is 12.3 Å². The van der Waals surface area contributed by atoms with Crippen LogP contribution in [-0.2, 0) is 0 Å². The van der Waals surface area contributed by atoms with Crippen molar-refractivity contribution in [2.24, 2.45) is 9.98 Å². The van der Waals surface area contributed by atoms with Crippen LogP contribution in [0.15, 0.2) is 22.3 Å². The molecule has 3 nitrogen and oxygen atoms in total. The molecule has 0 atom stereocenters. The number of allylic oxidation sites excluding steroid dienone is 1. The van der Waals surface area contributed by atoms with Gasteiger partial charge in [0.05, 0.1) is 0 Å². The van der Waals surface area contributed by atoms with E-state index >= 15 is 0 Å². The van der Waals surface area contributed by atoms with Gasteiger partial charge in [0.25, 0.3) is 0 Å². The Kier molecular flexibility index (Phi) is 3.35. The molecular weight excluding hydrogens is 114 g/mol. The summed E-state index contributed by atoms with van der Waals surface area (Å²) in [5.74, 6) is 0.502. The molecule has 0 spiro atoms. The third kappa shape index (κ3) is 3.46. The van der Waals surface area contributed by atoms with Gasteiger partial charge in [-0.15, -0.1) is 0 Å². The predicted molar refractivity (Wildman–Crippen MR) is 43.0 cm³/mol. The van der Waals surface area contributed by atoms with E-state index in [1.54, 1.807) is 7.05 Å². The fraction of sp³-hybridized carbons (Fsp3) is 0.333. The van der Waals surface area contributed by atoms with Gasteiger partial charge in [-0.2, -0.15) is 0 Å². The molecule has 0 bridgehead atoms. The van der Waals surface area contributed by atoms with E-state index in [9.17, 15) is 0 Å². The van der Waals surface area contributed by atoms with Crippen LogP contribution >= 0.6 is 0 Å². The number of hydrogen-bond donors (Lipinski definition) is 1. The van der Waals surface area contributed by atoms with E-state index in [1.807, 2.05) is 6.92 Å². The summed E-state index contributed by atoms with van der Waals surface area (Å²) in [7, 11) is 1.64. The fourth-order valence-corrected chi connectivity index (χ4v) is 0.357. The first kappa shape index (κ1) is 7.88. The molecule has 0 aromatic carbocycles. The van der Waals surface area contributed by atoms with Gasteiger partial charge in [-0.1, -0.05) is 6.58 Å². The largest absolute Gasteiger partial charge is 0.329 e. The fourth-order valence-electron chi connectivity index (χ4n) is 0.357. The summed E-state index contributed by atoms with van der Waals surface area (Å²) in [5, 5.41) is 2.81. The zero-order valence-electron chi connectivity index (χ0n) is 5.81. The van der Waals surface area contributed by atoms with Crippen molar-refractivity contribution in [2.75, 3.05) is 7.05 Å². The highest BCUT2D eigenvalue weighted by Gasteiger charge is 1.87. The molecule has 0 aromatic heterocycles. The Morgan fingerprint density at radius 1 is 1.67 bits per heavy atom. The highest BCUT2D eigenvalue weighted by Crippen LogP contribution is 1.80. The number of rotatable bonds is 1. The zero-order valence-corrected chi connectivity index (χ0v) is 5.81. The predicted octanol–water partition coefficient (Wildman–Crippen LogP) is 1.04. The van der Waals surface area contributed by atoms with E-state index in [1.165, 1.54) is 0 Å². The molecule has 0 aliphatic heterocycles. The van der Waals surface area contributed by atoms with Gasteiger partial charge >= 0.3 is 0 Å². The van der Waals surface area contributed by atoms with Crippen LogP contribution in [0.1, 0.15) is 8.35 Å². The standard InChI is InChI=1S/C6H11N3.H2/c1-5(2)9-6(7-3)8-4;/h1,3H2,2,4H3,(H,8,9);1H. The topological polar surface area (TPSA) is 36.8 Å². The van der Waals surface area contributed by atoms with Crippen molar-refractivity contribution in [1.29, 1.82) is 0 Å². The van der Waals surface area contributed by atoms with E-state index in [0.29, 0.717) is 5.96 Å². The minimum Gasteiger partial charge on any atom is -0.329 e. The maximum atomic E-state index is 3.76. The molecular formula is C6H13N3. The van der Waals surface area contributed by atoms with Gasteiger partial charge < -0.3 is 5.32 Å². The van der Waals surface area contributed by atoms with Crippen molar-refractivity contribution in [3.8, 4) is 0 Å². The third-order valence-electron chi connectivity index (χ3n) is 0.687. The summed E-state index contributed by atoms with van der Waals surface area (Å²) < 4.78 is 0. The molecule has 0 fully saturated rings. The molecule has 52 valence electrons. The minimum absolute atomic E-state index is 0. The first-order valence-corrected chi connectivity index (χ1v) is 2.56. The van der Waals surface area contributed by atoms with Crippen molar-refractivity contribution < 1.29 is 1.43 Å². The lowest BCUT2D eigenvalue weighted by Gasteiger charge is -2.00. The Balaban J connectivity index is 0. The van der Waals surface area contributed by atoms with E-state index in [0.717, 1.165) is 5.70 Å². The molecule has 0 saturated heterocycles. The van der Waals surface area contributed by atoms with Gasteiger partial charge in [0, 0.05) is 14.2 Å². The monoisotopic (exact) mass is 127 g/mol. The molecule has 0 amide bonds. The first-order valence-electron chi connectivity index (χ1n) is 2.56. The molecule has 0 radical (unpaired) electrons. The summed E-state index contributed by atoms with van der Waals surface area (Å²) >= 11 is 0. The molecule has 0 saturated carbocycles. The van der Waals surface area contributed by atoms with Crippen molar-refractivity contribution in [3.63, 3.8) is 0 Å². The maximum Gasteiger partial charge on any atom is 0.221 e. The van der Waals surface area contributed by atoms with Crippen LogP contribution in [-0.4, -0.2) is 19.7 Å². The highest BCUT2D eigenvalue weighted by atomic mass is 15.1. The van der Waals surface area contributed by atoms with Crippen LogP contribution < -0.4 is 5.32 Å². The number of guanidine groups is 1. The van der Waals surface area contributed by atoms with Gasteiger partial charge in [-0.3, -0.25) is 4.99 Å². The number of hydrogen-bond acceptors (Lipinski definition) is 1. The molecule has 0 rings (SSSR count). The molecule has 0 unspecified atom stereocenters. The van der Waals surface area contributed by atoms with Crippen LogP contribution in [0.3, 0.4) is 0 Å². The number of aliphatic imine (C=N–C) groups is 2. The van der Waals surface area contributed by atoms with Crippen molar-refractivity contribution in [2.45, 2.75) is 6.92 Å². The van der Waals surface area contributed by atoms with E-state index < -0.39 is 0 Å². The third-order valence-corrected chi connectivity index (χ3v) is 0.687. The molecule has 9 heavy (non-hydrogen) atoms. The lowest BCUT2D eigenvalue weighted by molar-refractivity contribution is 1.09. The number of nitrogens with zero attached hydrogens (tertiary/aromatic N) is 2. The van der Waals surface area contributed by atoms with Gasteiger partial charge in [0.1, 0.15) is 0 Å². The molecule has 0 aromatic rings. The van der Waals surface area contributed by atoms with Crippen LogP contribution in [0.4, 0.5) is 0 Å². The smallest absolute Gasteiger partial charge is 0.221 e. The lowest BCUT2D eigenvalue weighted by atomic mass is 10.6. The summed E-state index contributed by atoms with van der Waals surface area (Å²) in [6.45, 7) is 8.74. The first-order chi connectivity index (χ1) is 4.20. The van der Waals surface area contributed by atoms with Crippen LogP contribution in [0.2, 0.25) is 0 Å². The van der Waals surface area contributed by atoms with E-state index in [4.69, 9.17) is 0 Å². The molecule has 0 aliphatic carbocycles. The lowest BCUT2D eigenvalue weighted by Crippen LogP contribution is -2.17.